The van der Waals surface area contributed by atoms with E-state index in [2.05, 4.69) is 21.6 Å². The van der Waals surface area contributed by atoms with Gasteiger partial charge in [0.25, 0.3) is 0 Å². The van der Waals surface area contributed by atoms with Crippen LogP contribution in [0.4, 0.5) is 0 Å². The molecule has 1 aromatic heterocycles. The summed E-state index contributed by atoms with van der Waals surface area (Å²) >= 11 is 5.60. The van der Waals surface area contributed by atoms with E-state index in [4.69, 9.17) is 11.6 Å². The van der Waals surface area contributed by atoms with Gasteiger partial charge in [0, 0.05) is 5.92 Å². The van der Waals surface area contributed by atoms with E-state index in [-0.39, 0.29) is 0 Å². The molecule has 0 bridgehead atoms. The monoisotopic (exact) mass is 195 g/mol. The van der Waals surface area contributed by atoms with E-state index >= 15 is 0 Å². The van der Waals surface area contributed by atoms with Gasteiger partial charge in [-0.05, 0) is 18.1 Å². The van der Waals surface area contributed by atoms with E-state index in [1.54, 1.807) is 18.2 Å². The van der Waals surface area contributed by atoms with Crippen LogP contribution in [0.15, 0.2) is 18.2 Å². The van der Waals surface area contributed by atoms with E-state index in [0.29, 0.717) is 10.8 Å². The molecule has 0 spiro atoms. The fourth-order valence-corrected chi connectivity index (χ4v) is 0.808. The van der Waals surface area contributed by atoms with Crippen LogP contribution in [0, 0.1) is 11.8 Å². The van der Waals surface area contributed by atoms with Crippen LogP contribution in [0.5, 0.6) is 0 Å². The van der Waals surface area contributed by atoms with Gasteiger partial charge in [-0.2, -0.15) is 0 Å². The van der Waals surface area contributed by atoms with Crippen LogP contribution in [0.2, 0.25) is 5.15 Å². The van der Waals surface area contributed by atoms with Crippen molar-refractivity contribution in [3.05, 3.63) is 29.0 Å². The van der Waals surface area contributed by atoms with Crippen molar-refractivity contribution in [3.8, 4) is 11.8 Å². The number of aromatic nitrogens is 1. The smallest absolute Gasteiger partial charge is 0.384 e. The highest BCUT2D eigenvalue weighted by molar-refractivity contribution is 6.29. The fraction of sp³-hybridized carbons (Fsp3) is 0.111. The molecule has 0 saturated heterocycles. The number of ether oxygens (including phenoxy) is 1. The molecule has 1 heterocycles. The van der Waals surface area contributed by atoms with Gasteiger partial charge in [0.05, 0.1) is 7.11 Å². The molecule has 1 aromatic rings. The predicted molar refractivity (Wildman–Crippen MR) is 48.1 cm³/mol. The third-order valence-corrected chi connectivity index (χ3v) is 1.40. The van der Waals surface area contributed by atoms with Gasteiger partial charge in [-0.15, -0.1) is 0 Å². The molecule has 0 unspecified atom stereocenters. The van der Waals surface area contributed by atoms with Gasteiger partial charge >= 0.3 is 5.97 Å². The van der Waals surface area contributed by atoms with Crippen LogP contribution in [0.25, 0.3) is 0 Å². The first kappa shape index (κ1) is 9.56. The van der Waals surface area contributed by atoms with Crippen LogP contribution >= 0.6 is 11.6 Å². The lowest BCUT2D eigenvalue weighted by molar-refractivity contribution is -0.133. The van der Waals surface area contributed by atoms with Gasteiger partial charge in [0.1, 0.15) is 10.8 Å². The third-order valence-electron chi connectivity index (χ3n) is 1.19. The maximum Gasteiger partial charge on any atom is 0.384 e. The van der Waals surface area contributed by atoms with Crippen LogP contribution in [-0.4, -0.2) is 18.1 Å². The minimum absolute atomic E-state index is 0.344. The van der Waals surface area contributed by atoms with E-state index in [1.165, 1.54) is 7.11 Å². The highest BCUT2D eigenvalue weighted by Crippen LogP contribution is 2.03. The summed E-state index contributed by atoms with van der Waals surface area (Å²) in [5.74, 6) is 4.16. The van der Waals surface area contributed by atoms with E-state index in [9.17, 15) is 4.79 Å². The summed E-state index contributed by atoms with van der Waals surface area (Å²) in [5, 5.41) is 0.344. The summed E-state index contributed by atoms with van der Waals surface area (Å²) in [6, 6.07) is 4.99. The Morgan fingerprint density at radius 3 is 3.00 bits per heavy atom. The number of pyridine rings is 1. The Morgan fingerprint density at radius 1 is 1.62 bits per heavy atom. The topological polar surface area (TPSA) is 39.2 Å². The molecule has 0 aliphatic carbocycles. The normalized spacial score (nSPS) is 8.46. The zero-order valence-electron chi connectivity index (χ0n) is 6.87. The number of nitrogens with zero attached hydrogens (tertiary/aromatic N) is 1. The molecule has 13 heavy (non-hydrogen) atoms. The molecule has 3 nitrogen and oxygen atoms in total. The van der Waals surface area contributed by atoms with E-state index in [0.717, 1.165) is 0 Å². The molecule has 0 atom stereocenters. The maximum atomic E-state index is 10.6. The summed E-state index contributed by atoms with van der Waals surface area (Å²) in [4.78, 5) is 14.5. The molecule has 66 valence electrons. The number of carbonyl (C=O) groups is 1. The Bertz CT molecular complexity index is 379. The van der Waals surface area contributed by atoms with Crippen LogP contribution in [0.3, 0.4) is 0 Å². The summed E-state index contributed by atoms with van der Waals surface area (Å²) in [5.41, 5.74) is 0.443. The Hall–Kier alpha value is -1.53. The van der Waals surface area contributed by atoms with E-state index < -0.39 is 5.97 Å². The van der Waals surface area contributed by atoms with Crippen molar-refractivity contribution < 1.29 is 9.53 Å². The molecule has 0 aromatic carbocycles. The van der Waals surface area contributed by atoms with Gasteiger partial charge in [-0.25, -0.2) is 9.78 Å². The first-order chi connectivity index (χ1) is 6.22. The third kappa shape index (κ3) is 3.14. The Kier molecular flexibility index (Phi) is 3.30. The molecule has 0 saturated carbocycles. The largest absolute Gasteiger partial charge is 0.459 e. The second-order valence-corrected chi connectivity index (χ2v) is 2.47. The molecular weight excluding hydrogens is 190 g/mol. The van der Waals surface area contributed by atoms with Crippen molar-refractivity contribution in [1.82, 2.24) is 4.98 Å². The van der Waals surface area contributed by atoms with Crippen molar-refractivity contribution >= 4 is 17.6 Å². The highest BCUT2D eigenvalue weighted by atomic mass is 35.5. The number of esters is 1. The average molecular weight is 196 g/mol. The highest BCUT2D eigenvalue weighted by Gasteiger charge is 1.92. The number of rotatable bonds is 0. The Morgan fingerprint density at radius 2 is 2.38 bits per heavy atom. The lowest BCUT2D eigenvalue weighted by atomic mass is 10.3. The van der Waals surface area contributed by atoms with Crippen molar-refractivity contribution in [2.24, 2.45) is 0 Å². The van der Waals surface area contributed by atoms with Crippen molar-refractivity contribution in [2.45, 2.75) is 0 Å². The van der Waals surface area contributed by atoms with Gasteiger partial charge < -0.3 is 4.74 Å². The van der Waals surface area contributed by atoms with Gasteiger partial charge in [0.15, 0.2) is 0 Å². The van der Waals surface area contributed by atoms with Crippen molar-refractivity contribution in [3.63, 3.8) is 0 Å². The first-order valence-electron chi connectivity index (χ1n) is 3.45. The van der Waals surface area contributed by atoms with Crippen LogP contribution < -0.4 is 0 Å². The number of carbonyl (C=O) groups excluding carboxylic acids is 1. The summed E-state index contributed by atoms with van der Waals surface area (Å²) < 4.78 is 4.33. The zero-order chi connectivity index (χ0) is 9.68. The minimum atomic E-state index is -0.596. The Labute approximate surface area is 80.7 Å². The Balaban J connectivity index is 2.83. The molecule has 0 aliphatic rings. The fourth-order valence-electron chi connectivity index (χ4n) is 0.644. The van der Waals surface area contributed by atoms with Crippen molar-refractivity contribution in [1.29, 1.82) is 0 Å². The average Bonchev–Trinajstić information content (AvgIpc) is 2.14. The molecule has 0 fully saturated rings. The molecule has 0 aliphatic heterocycles. The quantitative estimate of drug-likeness (QED) is 0.356. The lowest BCUT2D eigenvalue weighted by Crippen LogP contribution is -1.94. The maximum absolute atomic E-state index is 10.6. The lowest BCUT2D eigenvalue weighted by Gasteiger charge is -1.89. The minimum Gasteiger partial charge on any atom is -0.459 e. The second-order valence-electron chi connectivity index (χ2n) is 2.09. The first-order valence-corrected chi connectivity index (χ1v) is 3.82. The van der Waals surface area contributed by atoms with Crippen LogP contribution in [-0.2, 0) is 9.53 Å². The second kappa shape index (κ2) is 4.48. The number of halogens is 1. The number of hydrogen-bond acceptors (Lipinski definition) is 3. The zero-order valence-corrected chi connectivity index (χ0v) is 7.63. The molecule has 0 N–H and O–H groups in total. The van der Waals surface area contributed by atoms with Crippen LogP contribution in [0.1, 0.15) is 5.69 Å². The SMILES string of the molecule is COC(=O)C#Cc1cccc(Cl)n1. The van der Waals surface area contributed by atoms with Crippen molar-refractivity contribution in [2.75, 3.05) is 7.11 Å². The van der Waals surface area contributed by atoms with E-state index in [1.807, 2.05) is 0 Å². The molecular formula is C9H6ClNO2. The number of hydrogen-bond donors (Lipinski definition) is 0. The molecule has 0 amide bonds. The van der Waals surface area contributed by atoms with Gasteiger partial charge in [0.2, 0.25) is 0 Å². The molecule has 0 radical (unpaired) electrons. The predicted octanol–water partition coefficient (Wildman–Crippen LogP) is 1.26. The molecule has 1 rings (SSSR count). The summed E-state index contributed by atoms with van der Waals surface area (Å²) in [7, 11) is 1.27. The van der Waals surface area contributed by atoms with Gasteiger partial charge in [-0.1, -0.05) is 17.7 Å². The summed E-state index contributed by atoms with van der Waals surface area (Å²) in [6.45, 7) is 0. The number of methoxy groups -OCH3 is 1. The molecule has 4 heteroatoms. The summed E-state index contributed by atoms with van der Waals surface area (Å²) in [6.07, 6.45) is 0. The standard InChI is InChI=1S/C9H6ClNO2/c1-13-9(12)6-5-7-3-2-4-8(10)11-7/h2-4H,1H3. The van der Waals surface area contributed by atoms with Gasteiger partial charge in [-0.3, -0.25) is 0 Å².